The number of rotatable bonds is 4. The number of benzene rings is 2. The number of carbonyl (C=O) groups is 2. The second-order valence-electron chi connectivity index (χ2n) is 7.33. The second-order valence-corrected chi connectivity index (χ2v) is 9.28. The second kappa shape index (κ2) is 7.80. The summed E-state index contributed by atoms with van der Waals surface area (Å²) in [5.41, 5.74) is -4.56. The molecule has 1 unspecified atom stereocenters. The minimum absolute atomic E-state index is 0.00652. The number of nitrogens with zero attached hydrogens (tertiary/aromatic N) is 3. The van der Waals surface area contributed by atoms with E-state index in [9.17, 15) is 35.6 Å². The number of urea groups is 1. The first-order chi connectivity index (χ1) is 15.4. The lowest BCUT2D eigenvalue weighted by Crippen LogP contribution is -2.33. The molecule has 0 saturated carbocycles. The number of pyridine rings is 1. The minimum Gasteiger partial charge on any atom is -0.308 e. The fraction of sp³-hybridized carbons (Fsp3) is 0.190. The molecular formula is C21H15F4N3O4S. The van der Waals surface area contributed by atoms with Gasteiger partial charge in [-0.05, 0) is 55.0 Å². The Balaban J connectivity index is 1.64. The number of imide groups is 1. The minimum atomic E-state index is -5.56. The van der Waals surface area contributed by atoms with Crippen LogP contribution in [0.1, 0.15) is 12.5 Å². The highest BCUT2D eigenvalue weighted by Crippen LogP contribution is 2.33. The van der Waals surface area contributed by atoms with Gasteiger partial charge in [0, 0.05) is 24.2 Å². The van der Waals surface area contributed by atoms with Gasteiger partial charge >= 0.3 is 11.5 Å². The van der Waals surface area contributed by atoms with Crippen molar-refractivity contribution < 1.29 is 35.6 Å². The molecule has 33 heavy (non-hydrogen) atoms. The first-order valence-corrected chi connectivity index (χ1v) is 11.0. The normalized spacial score (nSPS) is 17.3. The van der Waals surface area contributed by atoms with Crippen LogP contribution in [-0.2, 0) is 21.2 Å². The summed E-state index contributed by atoms with van der Waals surface area (Å²) < 4.78 is 74.8. The number of carbonyl (C=O) groups excluding carboxylic acids is 2. The van der Waals surface area contributed by atoms with Gasteiger partial charge in [0.25, 0.3) is 15.7 Å². The van der Waals surface area contributed by atoms with Crippen LogP contribution in [0.3, 0.4) is 0 Å². The third-order valence-corrected chi connectivity index (χ3v) is 6.83. The highest BCUT2D eigenvalue weighted by atomic mass is 32.2. The molecule has 1 fully saturated rings. The van der Waals surface area contributed by atoms with E-state index in [0.717, 1.165) is 17.0 Å². The Bertz CT molecular complexity index is 1370. The molecule has 1 aliphatic heterocycles. The summed E-state index contributed by atoms with van der Waals surface area (Å²) in [6.45, 7) is 1.49. The molecule has 4 rings (SSSR count). The van der Waals surface area contributed by atoms with Crippen molar-refractivity contribution in [1.82, 2.24) is 9.88 Å². The number of hydrogen-bond acceptors (Lipinski definition) is 5. The largest absolute Gasteiger partial charge is 0.501 e. The third kappa shape index (κ3) is 3.80. The van der Waals surface area contributed by atoms with Gasteiger partial charge in [0.05, 0.1) is 16.1 Å². The van der Waals surface area contributed by atoms with Crippen LogP contribution < -0.4 is 4.90 Å². The van der Waals surface area contributed by atoms with Crippen molar-refractivity contribution in [1.29, 1.82) is 0 Å². The van der Waals surface area contributed by atoms with E-state index in [-0.39, 0.29) is 12.2 Å². The lowest BCUT2D eigenvalue weighted by Gasteiger charge is -2.20. The van der Waals surface area contributed by atoms with E-state index in [1.54, 1.807) is 6.07 Å². The van der Waals surface area contributed by atoms with Gasteiger partial charge in [-0.15, -0.1) is 0 Å². The molecule has 2 heterocycles. The fourth-order valence-corrected chi connectivity index (χ4v) is 4.32. The summed E-state index contributed by atoms with van der Waals surface area (Å²) in [7, 11) is -5.56. The summed E-state index contributed by atoms with van der Waals surface area (Å²) in [6, 6.07) is 7.31. The number of anilines is 1. The molecule has 2 aromatic carbocycles. The van der Waals surface area contributed by atoms with Crippen molar-refractivity contribution in [3.05, 3.63) is 66.1 Å². The number of fused-ring (bicyclic) bond motifs is 1. The first-order valence-electron chi connectivity index (χ1n) is 9.51. The monoisotopic (exact) mass is 481 g/mol. The Morgan fingerprint density at radius 2 is 1.70 bits per heavy atom. The van der Waals surface area contributed by atoms with E-state index < -0.39 is 44.0 Å². The Hall–Kier alpha value is -3.54. The molecule has 12 heteroatoms. The van der Waals surface area contributed by atoms with Gasteiger partial charge in [0.1, 0.15) is 11.9 Å². The maximum absolute atomic E-state index is 13.5. The number of amides is 3. The predicted octanol–water partition coefficient (Wildman–Crippen LogP) is 4.02. The molecule has 1 aliphatic rings. The maximum Gasteiger partial charge on any atom is 0.501 e. The Kier molecular flexibility index (Phi) is 5.35. The number of alkyl halides is 3. The van der Waals surface area contributed by atoms with Gasteiger partial charge in [-0.1, -0.05) is 0 Å². The molecule has 172 valence electrons. The van der Waals surface area contributed by atoms with Crippen molar-refractivity contribution in [2.45, 2.75) is 29.9 Å². The van der Waals surface area contributed by atoms with Gasteiger partial charge in [0.2, 0.25) is 0 Å². The zero-order chi connectivity index (χ0) is 24.1. The van der Waals surface area contributed by atoms with Crippen molar-refractivity contribution in [3.8, 4) is 0 Å². The summed E-state index contributed by atoms with van der Waals surface area (Å²) in [6.07, 6.45) is 1.45. The smallest absolute Gasteiger partial charge is 0.308 e. The number of aromatic nitrogens is 1. The van der Waals surface area contributed by atoms with Crippen LogP contribution in [0.4, 0.5) is 28.0 Å². The molecule has 3 aromatic rings. The number of halogens is 4. The average Bonchev–Trinajstić information content (AvgIpc) is 2.96. The highest BCUT2D eigenvalue weighted by molar-refractivity contribution is 7.92. The molecule has 0 bridgehead atoms. The fourth-order valence-electron chi connectivity index (χ4n) is 3.56. The average molecular weight is 481 g/mol. The van der Waals surface area contributed by atoms with Crippen LogP contribution in [0, 0.1) is 5.82 Å². The van der Waals surface area contributed by atoms with Gasteiger partial charge in [-0.25, -0.2) is 22.5 Å². The van der Waals surface area contributed by atoms with E-state index >= 15 is 0 Å². The SMILES string of the molecule is CC1C(=O)N(c2ccc(S(=O)(=O)C(F)(F)F)cc2)C(=O)N1Cc1ccnc2cc(F)ccc12. The van der Waals surface area contributed by atoms with Crippen molar-refractivity contribution >= 4 is 38.4 Å². The molecule has 1 saturated heterocycles. The standard InChI is InChI=1S/C21H15F4N3O4S/c1-12-19(29)28(15-3-5-16(6-4-15)33(31,32)21(23,24)25)20(30)27(12)11-13-8-9-26-18-10-14(22)2-7-17(13)18/h2-10,12H,11H2,1H3. The van der Waals surface area contributed by atoms with E-state index in [1.165, 1.54) is 36.2 Å². The third-order valence-electron chi connectivity index (χ3n) is 5.33. The predicted molar refractivity (Wildman–Crippen MR) is 109 cm³/mol. The molecule has 0 spiro atoms. The first kappa shape index (κ1) is 22.6. The Morgan fingerprint density at radius 1 is 1.03 bits per heavy atom. The van der Waals surface area contributed by atoms with E-state index in [2.05, 4.69) is 4.98 Å². The molecule has 7 nitrogen and oxygen atoms in total. The lowest BCUT2D eigenvalue weighted by molar-refractivity contribution is -0.119. The van der Waals surface area contributed by atoms with Crippen molar-refractivity contribution in [2.75, 3.05) is 4.90 Å². The van der Waals surface area contributed by atoms with Gasteiger partial charge in [-0.2, -0.15) is 13.2 Å². The quantitative estimate of drug-likeness (QED) is 0.415. The lowest BCUT2D eigenvalue weighted by atomic mass is 10.1. The molecular weight excluding hydrogens is 466 g/mol. The highest BCUT2D eigenvalue weighted by Gasteiger charge is 2.47. The van der Waals surface area contributed by atoms with Crippen LogP contribution in [0.25, 0.3) is 10.9 Å². The van der Waals surface area contributed by atoms with Crippen LogP contribution in [0.15, 0.2) is 59.6 Å². The topological polar surface area (TPSA) is 87.7 Å². The van der Waals surface area contributed by atoms with E-state index in [4.69, 9.17) is 0 Å². The van der Waals surface area contributed by atoms with Crippen molar-refractivity contribution in [2.24, 2.45) is 0 Å². The van der Waals surface area contributed by atoms with Gasteiger partial charge in [0.15, 0.2) is 0 Å². The van der Waals surface area contributed by atoms with E-state index in [0.29, 0.717) is 28.6 Å². The zero-order valence-electron chi connectivity index (χ0n) is 16.9. The summed E-state index contributed by atoms with van der Waals surface area (Å²) >= 11 is 0. The van der Waals surface area contributed by atoms with E-state index in [1.807, 2.05) is 0 Å². The van der Waals surface area contributed by atoms with Crippen LogP contribution >= 0.6 is 0 Å². The van der Waals surface area contributed by atoms with Crippen molar-refractivity contribution in [3.63, 3.8) is 0 Å². The molecule has 0 N–H and O–H groups in total. The maximum atomic E-state index is 13.5. The molecule has 0 radical (unpaired) electrons. The molecule has 3 amide bonds. The number of sulfone groups is 1. The summed E-state index contributed by atoms with van der Waals surface area (Å²) in [5, 5.41) is 0.589. The van der Waals surface area contributed by atoms with Gasteiger partial charge in [-0.3, -0.25) is 9.78 Å². The molecule has 0 aliphatic carbocycles. The number of hydrogen-bond donors (Lipinski definition) is 0. The summed E-state index contributed by atoms with van der Waals surface area (Å²) in [5.74, 6) is -1.11. The van der Waals surface area contributed by atoms with Gasteiger partial charge < -0.3 is 4.90 Å². The molecule has 1 atom stereocenters. The Morgan fingerprint density at radius 3 is 2.33 bits per heavy atom. The Labute approximate surface area is 185 Å². The zero-order valence-corrected chi connectivity index (χ0v) is 17.7. The van der Waals surface area contributed by atoms with Crippen LogP contribution in [0.5, 0.6) is 0 Å². The van der Waals surface area contributed by atoms with Crippen LogP contribution in [0.2, 0.25) is 0 Å². The summed E-state index contributed by atoms with van der Waals surface area (Å²) in [4.78, 5) is 30.9. The molecule has 1 aromatic heterocycles. The van der Waals surface area contributed by atoms with Crippen LogP contribution in [-0.4, -0.2) is 41.8 Å².